The van der Waals surface area contributed by atoms with Crippen molar-refractivity contribution in [3.63, 3.8) is 0 Å². The van der Waals surface area contributed by atoms with Gasteiger partial charge in [-0.1, -0.05) is 43.2 Å². The lowest BCUT2D eigenvalue weighted by atomic mass is 9.99. The fourth-order valence-corrected chi connectivity index (χ4v) is 3.34. The Morgan fingerprint density at radius 1 is 0.800 bits per heavy atom. The number of benzene rings is 2. The van der Waals surface area contributed by atoms with E-state index in [1.807, 2.05) is 34.6 Å². The van der Waals surface area contributed by atoms with Crippen LogP contribution in [0.3, 0.4) is 0 Å². The minimum absolute atomic E-state index is 0.0899. The van der Waals surface area contributed by atoms with E-state index < -0.39 is 6.04 Å². The molecule has 2 aromatic carbocycles. The molecule has 2 amide bonds. The highest BCUT2D eigenvalue weighted by atomic mass is 16.5. The SMILES string of the molecule is COc1cc(OC)cc(C(=O)NC(C(=O)NC(C)c2cc(C)cc(C)c2)C(C)C)c1. The second-order valence-electron chi connectivity index (χ2n) is 7.95. The molecule has 2 N–H and O–H groups in total. The number of amides is 2. The zero-order valence-corrected chi connectivity index (χ0v) is 18.8. The van der Waals surface area contributed by atoms with Crippen LogP contribution in [0.1, 0.15) is 53.9 Å². The Labute approximate surface area is 179 Å². The third-order valence-corrected chi connectivity index (χ3v) is 4.95. The first kappa shape index (κ1) is 23.3. The van der Waals surface area contributed by atoms with Gasteiger partial charge in [-0.25, -0.2) is 0 Å². The van der Waals surface area contributed by atoms with Gasteiger partial charge in [-0.05, 0) is 44.4 Å². The minimum atomic E-state index is -0.678. The lowest BCUT2D eigenvalue weighted by molar-refractivity contribution is -0.124. The van der Waals surface area contributed by atoms with Gasteiger partial charge in [-0.15, -0.1) is 0 Å². The molecule has 0 saturated carbocycles. The van der Waals surface area contributed by atoms with Gasteiger partial charge >= 0.3 is 0 Å². The molecule has 162 valence electrons. The first-order chi connectivity index (χ1) is 14.1. The van der Waals surface area contributed by atoms with E-state index >= 15 is 0 Å². The van der Waals surface area contributed by atoms with Crippen LogP contribution >= 0.6 is 0 Å². The van der Waals surface area contributed by atoms with E-state index in [0.29, 0.717) is 17.1 Å². The third kappa shape index (κ3) is 5.99. The van der Waals surface area contributed by atoms with Crippen LogP contribution in [-0.4, -0.2) is 32.1 Å². The molecular weight excluding hydrogens is 380 g/mol. The van der Waals surface area contributed by atoms with Gasteiger partial charge < -0.3 is 20.1 Å². The average Bonchev–Trinajstić information content (AvgIpc) is 2.70. The van der Waals surface area contributed by atoms with Crippen molar-refractivity contribution < 1.29 is 19.1 Å². The smallest absolute Gasteiger partial charge is 0.252 e. The normalized spacial score (nSPS) is 12.8. The molecule has 0 aromatic heterocycles. The van der Waals surface area contributed by atoms with Crippen LogP contribution in [0.2, 0.25) is 0 Å². The largest absolute Gasteiger partial charge is 0.497 e. The van der Waals surface area contributed by atoms with E-state index in [2.05, 4.69) is 28.8 Å². The van der Waals surface area contributed by atoms with Crippen LogP contribution in [0.25, 0.3) is 0 Å². The fraction of sp³-hybridized carbons (Fsp3) is 0.417. The fourth-order valence-electron chi connectivity index (χ4n) is 3.34. The number of carbonyl (C=O) groups is 2. The molecule has 0 fully saturated rings. The van der Waals surface area contributed by atoms with E-state index in [4.69, 9.17) is 9.47 Å². The molecule has 6 heteroatoms. The molecule has 2 atom stereocenters. The maximum Gasteiger partial charge on any atom is 0.252 e. The van der Waals surface area contributed by atoms with Crippen LogP contribution in [0.4, 0.5) is 0 Å². The second kappa shape index (κ2) is 10.1. The lowest BCUT2D eigenvalue weighted by Gasteiger charge is -2.24. The Morgan fingerprint density at radius 2 is 1.33 bits per heavy atom. The van der Waals surface area contributed by atoms with Crippen LogP contribution < -0.4 is 20.1 Å². The number of nitrogens with one attached hydrogen (secondary N) is 2. The quantitative estimate of drug-likeness (QED) is 0.688. The summed E-state index contributed by atoms with van der Waals surface area (Å²) < 4.78 is 10.5. The van der Waals surface area contributed by atoms with Crippen molar-refractivity contribution in [2.75, 3.05) is 14.2 Å². The van der Waals surface area contributed by atoms with E-state index in [9.17, 15) is 9.59 Å². The number of hydrogen-bond acceptors (Lipinski definition) is 4. The van der Waals surface area contributed by atoms with Gasteiger partial charge in [0.15, 0.2) is 0 Å². The predicted octanol–water partition coefficient (Wildman–Crippen LogP) is 3.95. The Morgan fingerprint density at radius 3 is 1.80 bits per heavy atom. The summed E-state index contributed by atoms with van der Waals surface area (Å²) in [6, 6.07) is 10.3. The number of methoxy groups -OCH3 is 2. The molecule has 6 nitrogen and oxygen atoms in total. The monoisotopic (exact) mass is 412 g/mol. The van der Waals surface area contributed by atoms with Crippen molar-refractivity contribution in [3.05, 3.63) is 58.7 Å². The molecule has 0 aliphatic rings. The number of carbonyl (C=O) groups excluding carboxylic acids is 2. The summed E-state index contributed by atoms with van der Waals surface area (Å²) in [7, 11) is 3.05. The third-order valence-electron chi connectivity index (χ3n) is 4.95. The first-order valence-corrected chi connectivity index (χ1v) is 10.1. The minimum Gasteiger partial charge on any atom is -0.497 e. The molecule has 0 saturated heterocycles. The van der Waals surface area contributed by atoms with E-state index in [1.54, 1.807) is 18.2 Å². The lowest BCUT2D eigenvalue weighted by Crippen LogP contribution is -2.50. The second-order valence-corrected chi connectivity index (χ2v) is 7.95. The van der Waals surface area contributed by atoms with Gasteiger partial charge in [0.05, 0.1) is 20.3 Å². The molecule has 2 aromatic rings. The molecule has 0 aliphatic carbocycles. The van der Waals surface area contributed by atoms with Crippen molar-refractivity contribution >= 4 is 11.8 Å². The molecule has 30 heavy (non-hydrogen) atoms. The topological polar surface area (TPSA) is 76.7 Å². The summed E-state index contributed by atoms with van der Waals surface area (Å²) in [5, 5.41) is 5.88. The van der Waals surface area contributed by atoms with Gasteiger partial charge in [0, 0.05) is 11.6 Å². The highest BCUT2D eigenvalue weighted by Gasteiger charge is 2.26. The zero-order chi connectivity index (χ0) is 22.4. The summed E-state index contributed by atoms with van der Waals surface area (Å²) in [5.41, 5.74) is 3.69. The number of ether oxygens (including phenoxy) is 2. The molecule has 2 unspecified atom stereocenters. The maximum atomic E-state index is 13.0. The highest BCUT2D eigenvalue weighted by Crippen LogP contribution is 2.23. The average molecular weight is 413 g/mol. The van der Waals surface area contributed by atoms with Crippen molar-refractivity contribution in [1.29, 1.82) is 0 Å². The van der Waals surface area contributed by atoms with E-state index in [0.717, 1.165) is 16.7 Å². The molecule has 0 radical (unpaired) electrons. The van der Waals surface area contributed by atoms with Gasteiger partial charge in [0.2, 0.25) is 5.91 Å². The van der Waals surface area contributed by atoms with E-state index in [1.165, 1.54) is 14.2 Å². The highest BCUT2D eigenvalue weighted by molar-refractivity contribution is 5.98. The molecular formula is C24H32N2O4. The Kier molecular flexibility index (Phi) is 7.86. The van der Waals surface area contributed by atoms with Crippen LogP contribution in [0.5, 0.6) is 11.5 Å². The zero-order valence-electron chi connectivity index (χ0n) is 18.8. The van der Waals surface area contributed by atoms with Crippen LogP contribution in [0, 0.1) is 19.8 Å². The number of hydrogen-bond donors (Lipinski definition) is 2. The molecule has 0 aliphatic heterocycles. The maximum absolute atomic E-state index is 13.0. The summed E-state index contributed by atoms with van der Waals surface area (Å²) >= 11 is 0. The number of aryl methyl sites for hydroxylation is 2. The van der Waals surface area contributed by atoms with Crippen molar-refractivity contribution in [3.8, 4) is 11.5 Å². The molecule has 2 rings (SSSR count). The van der Waals surface area contributed by atoms with Gasteiger partial charge in [0.1, 0.15) is 17.5 Å². The molecule has 0 heterocycles. The van der Waals surface area contributed by atoms with Crippen molar-refractivity contribution in [1.82, 2.24) is 10.6 Å². The van der Waals surface area contributed by atoms with E-state index in [-0.39, 0.29) is 23.8 Å². The Bertz CT molecular complexity index is 866. The Balaban J connectivity index is 2.17. The molecule has 0 spiro atoms. The van der Waals surface area contributed by atoms with Crippen molar-refractivity contribution in [2.24, 2.45) is 5.92 Å². The summed E-state index contributed by atoms with van der Waals surface area (Å²) in [6.07, 6.45) is 0. The van der Waals surface area contributed by atoms with Gasteiger partial charge in [-0.3, -0.25) is 9.59 Å². The van der Waals surface area contributed by atoms with Gasteiger partial charge in [-0.2, -0.15) is 0 Å². The number of rotatable bonds is 8. The predicted molar refractivity (Wildman–Crippen MR) is 118 cm³/mol. The molecule has 0 bridgehead atoms. The summed E-state index contributed by atoms with van der Waals surface area (Å²) in [5.74, 6) is 0.342. The Hall–Kier alpha value is -3.02. The van der Waals surface area contributed by atoms with Crippen LogP contribution in [0.15, 0.2) is 36.4 Å². The van der Waals surface area contributed by atoms with Crippen molar-refractivity contribution in [2.45, 2.75) is 46.7 Å². The van der Waals surface area contributed by atoms with Crippen LogP contribution in [-0.2, 0) is 4.79 Å². The first-order valence-electron chi connectivity index (χ1n) is 10.1. The summed E-state index contributed by atoms with van der Waals surface area (Å²) in [6.45, 7) is 9.81. The van der Waals surface area contributed by atoms with Gasteiger partial charge in [0.25, 0.3) is 5.91 Å². The standard InChI is InChI=1S/C24H32N2O4/c1-14(2)22(24(28)25-17(5)18-9-15(3)8-16(4)10-18)26-23(27)19-11-20(29-6)13-21(12-19)30-7/h8-14,17,22H,1-7H3,(H,25,28)(H,26,27). The summed E-state index contributed by atoms with van der Waals surface area (Å²) in [4.78, 5) is 25.8.